The summed E-state index contributed by atoms with van der Waals surface area (Å²) in [6, 6.07) is 4.68. The van der Waals surface area contributed by atoms with E-state index in [1.165, 1.54) is 25.7 Å². The third kappa shape index (κ3) is 3.70. The molecule has 94 valence electrons. The Hall–Kier alpha value is -0.0600. The van der Waals surface area contributed by atoms with Gasteiger partial charge in [0.2, 0.25) is 0 Å². The Morgan fingerprint density at radius 2 is 2.29 bits per heavy atom. The smallest absolute Gasteiger partial charge is 0.110 e. The van der Waals surface area contributed by atoms with Crippen molar-refractivity contribution in [2.45, 2.75) is 48.9 Å². The zero-order valence-electron chi connectivity index (χ0n) is 10.2. The van der Waals surface area contributed by atoms with Crippen molar-refractivity contribution in [1.29, 1.82) is 0 Å². The van der Waals surface area contributed by atoms with Crippen LogP contribution in [0.2, 0.25) is 0 Å². The van der Waals surface area contributed by atoms with Gasteiger partial charge >= 0.3 is 0 Å². The highest BCUT2D eigenvalue weighted by Gasteiger charge is 2.26. The second-order valence-electron chi connectivity index (χ2n) is 4.40. The van der Waals surface area contributed by atoms with E-state index in [9.17, 15) is 0 Å². The van der Waals surface area contributed by atoms with E-state index in [2.05, 4.69) is 39.2 Å². The molecule has 17 heavy (non-hydrogen) atoms. The maximum atomic E-state index is 4.46. The van der Waals surface area contributed by atoms with E-state index < -0.39 is 0 Å². The minimum Gasteiger partial charge on any atom is -0.313 e. The Bertz CT molecular complexity index is 357. The molecule has 1 saturated carbocycles. The highest BCUT2D eigenvalue weighted by atomic mass is 79.9. The lowest BCUT2D eigenvalue weighted by Crippen LogP contribution is -2.40. The molecule has 1 aliphatic carbocycles. The summed E-state index contributed by atoms with van der Waals surface area (Å²) in [7, 11) is 0. The topological polar surface area (TPSA) is 24.9 Å². The van der Waals surface area contributed by atoms with Crippen LogP contribution in [0, 0.1) is 0 Å². The molecule has 1 aromatic heterocycles. The molecule has 2 atom stereocenters. The quantitative estimate of drug-likeness (QED) is 0.913. The van der Waals surface area contributed by atoms with Gasteiger partial charge < -0.3 is 5.32 Å². The summed E-state index contributed by atoms with van der Waals surface area (Å²) in [5, 5.41) is 5.40. The largest absolute Gasteiger partial charge is 0.313 e. The van der Waals surface area contributed by atoms with Crippen LogP contribution in [-0.2, 0) is 0 Å². The average Bonchev–Trinajstić information content (AvgIpc) is 2.35. The molecule has 0 radical (unpaired) electrons. The van der Waals surface area contributed by atoms with Crippen molar-refractivity contribution in [1.82, 2.24) is 10.3 Å². The minimum atomic E-state index is 0.646. The number of nitrogens with one attached hydrogen (secondary N) is 1. The first-order valence-electron chi connectivity index (χ1n) is 6.32. The average molecular weight is 315 g/mol. The number of aromatic nitrogens is 1. The van der Waals surface area contributed by atoms with Crippen LogP contribution in [0.3, 0.4) is 0 Å². The number of hydrogen-bond acceptors (Lipinski definition) is 3. The van der Waals surface area contributed by atoms with Gasteiger partial charge in [-0.25, -0.2) is 4.98 Å². The second kappa shape index (κ2) is 6.76. The number of halogens is 1. The number of pyridine rings is 1. The van der Waals surface area contributed by atoms with Gasteiger partial charge in [-0.05, 0) is 47.4 Å². The zero-order valence-corrected chi connectivity index (χ0v) is 12.6. The molecular weight excluding hydrogens is 296 g/mol. The maximum absolute atomic E-state index is 4.46. The van der Waals surface area contributed by atoms with Crippen LogP contribution in [0.1, 0.15) is 32.6 Å². The van der Waals surface area contributed by atoms with Gasteiger partial charge in [-0.2, -0.15) is 0 Å². The molecular formula is C13H19BrN2S. The fraction of sp³-hybridized carbons (Fsp3) is 0.615. The summed E-state index contributed by atoms with van der Waals surface area (Å²) in [5.41, 5.74) is 0. The van der Waals surface area contributed by atoms with Crippen LogP contribution < -0.4 is 5.32 Å². The highest BCUT2D eigenvalue weighted by Crippen LogP contribution is 2.35. The van der Waals surface area contributed by atoms with Crippen molar-refractivity contribution in [2.75, 3.05) is 6.54 Å². The lowest BCUT2D eigenvalue weighted by Gasteiger charge is -2.31. The number of rotatable bonds is 4. The van der Waals surface area contributed by atoms with E-state index in [0.29, 0.717) is 11.3 Å². The molecule has 4 heteroatoms. The normalized spacial score (nSPS) is 24.8. The lowest BCUT2D eigenvalue weighted by molar-refractivity contribution is 0.390. The van der Waals surface area contributed by atoms with Crippen molar-refractivity contribution in [3.8, 4) is 0 Å². The Balaban J connectivity index is 2.03. The van der Waals surface area contributed by atoms with Gasteiger partial charge in [0.05, 0.1) is 0 Å². The predicted octanol–water partition coefficient (Wildman–Crippen LogP) is 3.86. The summed E-state index contributed by atoms with van der Waals surface area (Å²) in [6.45, 7) is 3.25. The molecule has 0 amide bonds. The summed E-state index contributed by atoms with van der Waals surface area (Å²) in [6.07, 6.45) is 7.18. The van der Waals surface area contributed by atoms with Gasteiger partial charge in [-0.1, -0.05) is 19.8 Å². The van der Waals surface area contributed by atoms with Crippen molar-refractivity contribution >= 4 is 27.7 Å². The van der Waals surface area contributed by atoms with Gasteiger partial charge in [0, 0.05) is 22.0 Å². The molecule has 2 rings (SSSR count). The molecule has 2 unspecified atom stereocenters. The van der Waals surface area contributed by atoms with Crippen molar-refractivity contribution in [2.24, 2.45) is 0 Å². The van der Waals surface area contributed by atoms with Crippen LogP contribution in [0.5, 0.6) is 0 Å². The van der Waals surface area contributed by atoms with E-state index in [4.69, 9.17) is 0 Å². The molecule has 1 fully saturated rings. The van der Waals surface area contributed by atoms with Gasteiger partial charge in [-0.3, -0.25) is 0 Å². The molecule has 1 heterocycles. The lowest BCUT2D eigenvalue weighted by atomic mass is 9.95. The molecule has 0 bridgehead atoms. The van der Waals surface area contributed by atoms with E-state index in [-0.39, 0.29) is 0 Å². The molecule has 2 nitrogen and oxygen atoms in total. The van der Waals surface area contributed by atoms with Crippen LogP contribution in [0.4, 0.5) is 0 Å². The Labute approximate surface area is 116 Å². The zero-order chi connectivity index (χ0) is 12.1. The molecule has 0 saturated heterocycles. The number of nitrogens with zero attached hydrogens (tertiary/aromatic N) is 1. The summed E-state index contributed by atoms with van der Waals surface area (Å²) in [5.74, 6) is 0. The molecule has 1 aromatic rings. The van der Waals surface area contributed by atoms with Crippen LogP contribution >= 0.6 is 27.7 Å². The predicted molar refractivity (Wildman–Crippen MR) is 77.5 cm³/mol. The first kappa shape index (κ1) is 13.4. The number of thioether (sulfide) groups is 1. The molecule has 1 N–H and O–H groups in total. The minimum absolute atomic E-state index is 0.646. The highest BCUT2D eigenvalue weighted by molar-refractivity contribution is 9.10. The third-order valence-corrected chi connectivity index (χ3v) is 5.47. The summed E-state index contributed by atoms with van der Waals surface area (Å²) < 4.78 is 1.12. The molecule has 1 aliphatic rings. The Morgan fingerprint density at radius 1 is 1.47 bits per heavy atom. The van der Waals surface area contributed by atoms with Gasteiger partial charge in [0.1, 0.15) is 5.03 Å². The SMILES string of the molecule is CCNC1CCCCC1Sc1ncccc1Br. The molecule has 0 aliphatic heterocycles. The van der Waals surface area contributed by atoms with Gasteiger partial charge in [0.15, 0.2) is 0 Å². The van der Waals surface area contributed by atoms with Crippen LogP contribution in [0.15, 0.2) is 27.8 Å². The monoisotopic (exact) mass is 314 g/mol. The van der Waals surface area contributed by atoms with Crippen LogP contribution in [-0.4, -0.2) is 22.8 Å². The second-order valence-corrected chi connectivity index (χ2v) is 6.48. The molecule has 0 spiro atoms. The fourth-order valence-corrected chi connectivity index (χ4v) is 4.14. The van der Waals surface area contributed by atoms with E-state index in [0.717, 1.165) is 16.0 Å². The standard InChI is InChI=1S/C13H19BrN2S/c1-2-15-11-7-3-4-8-12(11)17-13-10(14)6-5-9-16-13/h5-6,9,11-12,15H,2-4,7-8H2,1H3. The molecule has 0 aromatic carbocycles. The fourth-order valence-electron chi connectivity index (χ4n) is 2.33. The van der Waals surface area contributed by atoms with Crippen molar-refractivity contribution in [3.63, 3.8) is 0 Å². The van der Waals surface area contributed by atoms with Gasteiger partial charge in [-0.15, -0.1) is 11.8 Å². The Morgan fingerprint density at radius 3 is 3.06 bits per heavy atom. The van der Waals surface area contributed by atoms with Crippen molar-refractivity contribution < 1.29 is 0 Å². The van der Waals surface area contributed by atoms with Crippen molar-refractivity contribution in [3.05, 3.63) is 22.8 Å². The number of hydrogen-bond donors (Lipinski definition) is 1. The van der Waals surface area contributed by atoms with Crippen LogP contribution in [0.25, 0.3) is 0 Å². The summed E-state index contributed by atoms with van der Waals surface area (Å²) in [4.78, 5) is 4.46. The third-order valence-electron chi connectivity index (χ3n) is 3.16. The maximum Gasteiger partial charge on any atom is 0.110 e. The first-order valence-corrected chi connectivity index (χ1v) is 7.99. The Kier molecular flexibility index (Phi) is 5.32. The van der Waals surface area contributed by atoms with E-state index in [1.54, 1.807) is 0 Å². The van der Waals surface area contributed by atoms with E-state index >= 15 is 0 Å². The van der Waals surface area contributed by atoms with E-state index in [1.807, 2.05) is 24.0 Å². The first-order chi connectivity index (χ1) is 8.31. The summed E-state index contributed by atoms with van der Waals surface area (Å²) >= 11 is 5.50. The van der Waals surface area contributed by atoms with Gasteiger partial charge in [0.25, 0.3) is 0 Å².